The lowest BCUT2D eigenvalue weighted by molar-refractivity contribution is -0.119. The molecule has 7 heteroatoms. The second-order valence-corrected chi connectivity index (χ2v) is 8.85. The van der Waals surface area contributed by atoms with Crippen molar-refractivity contribution >= 4 is 23.2 Å². The summed E-state index contributed by atoms with van der Waals surface area (Å²) >= 11 is 1.45. The van der Waals surface area contributed by atoms with Gasteiger partial charge in [-0.1, -0.05) is 49.0 Å². The average molecular weight is 424 g/mol. The van der Waals surface area contributed by atoms with Gasteiger partial charge in [-0.3, -0.25) is 4.79 Å². The number of rotatable bonds is 6. The highest BCUT2D eigenvalue weighted by Crippen LogP contribution is 2.30. The minimum absolute atomic E-state index is 0.0670. The quantitative estimate of drug-likeness (QED) is 0.613. The number of fused-ring (bicyclic) bond motifs is 1. The Balaban J connectivity index is 1.51. The van der Waals surface area contributed by atoms with E-state index in [2.05, 4.69) is 42.3 Å². The summed E-state index contributed by atoms with van der Waals surface area (Å²) in [5.41, 5.74) is 5.04. The van der Waals surface area contributed by atoms with Crippen molar-refractivity contribution in [2.75, 3.05) is 25.4 Å². The Hall–Kier alpha value is -2.38. The normalized spacial score (nSPS) is 15.6. The van der Waals surface area contributed by atoms with Crippen LogP contribution in [0.1, 0.15) is 31.0 Å². The summed E-state index contributed by atoms with van der Waals surface area (Å²) < 4.78 is 1.89. The number of nitrogens with zero attached hydrogens (tertiary/aromatic N) is 4. The van der Waals surface area contributed by atoms with E-state index in [-0.39, 0.29) is 11.9 Å². The zero-order valence-electron chi connectivity index (χ0n) is 17.9. The molecule has 0 saturated carbocycles. The van der Waals surface area contributed by atoms with E-state index in [4.69, 9.17) is 10.1 Å². The van der Waals surface area contributed by atoms with Crippen molar-refractivity contribution in [1.29, 1.82) is 0 Å². The van der Waals surface area contributed by atoms with Gasteiger partial charge in [0.1, 0.15) is 0 Å². The van der Waals surface area contributed by atoms with E-state index in [9.17, 15) is 4.79 Å². The summed E-state index contributed by atoms with van der Waals surface area (Å²) in [7, 11) is 0. The number of carbonyl (C=O) groups is 1. The molecule has 6 nitrogen and oxygen atoms in total. The van der Waals surface area contributed by atoms with E-state index in [1.807, 2.05) is 29.6 Å². The maximum absolute atomic E-state index is 12.6. The third kappa shape index (κ3) is 4.52. The topological polar surface area (TPSA) is 62.5 Å². The first kappa shape index (κ1) is 20.9. The van der Waals surface area contributed by atoms with Crippen molar-refractivity contribution in [2.24, 2.45) is 0 Å². The van der Waals surface area contributed by atoms with Gasteiger partial charge in [0.15, 0.2) is 5.16 Å². The van der Waals surface area contributed by atoms with Crippen LogP contribution in [0.2, 0.25) is 0 Å². The van der Waals surface area contributed by atoms with Gasteiger partial charge in [0, 0.05) is 24.7 Å². The highest BCUT2D eigenvalue weighted by atomic mass is 32.2. The van der Waals surface area contributed by atoms with Gasteiger partial charge in [-0.25, -0.2) is 9.50 Å². The number of aryl methyl sites for hydroxylation is 2. The number of aromatic nitrogens is 3. The Kier molecular flexibility index (Phi) is 6.39. The fourth-order valence-corrected chi connectivity index (χ4v) is 4.84. The van der Waals surface area contributed by atoms with Crippen molar-refractivity contribution in [1.82, 2.24) is 24.8 Å². The number of nitrogens with one attached hydrogen (secondary N) is 1. The average Bonchev–Trinajstić information content (AvgIpc) is 3.12. The predicted octanol–water partition coefficient (Wildman–Crippen LogP) is 3.71. The number of likely N-dealkylation sites (tertiary alicyclic amines) is 1. The molecular formula is C23H29N5OS. The SMILES string of the molecule is CCN1CCC(NC(=O)CSc2nc(-c3ccccc3)c3c(C)cc(C)nn23)CC1. The van der Waals surface area contributed by atoms with Crippen LogP contribution < -0.4 is 5.32 Å². The number of piperidine rings is 1. The largest absolute Gasteiger partial charge is 0.353 e. The maximum atomic E-state index is 12.6. The van der Waals surface area contributed by atoms with Crippen molar-refractivity contribution < 1.29 is 4.79 Å². The molecule has 0 aliphatic carbocycles. The van der Waals surface area contributed by atoms with Gasteiger partial charge in [0.05, 0.1) is 22.7 Å². The smallest absolute Gasteiger partial charge is 0.230 e. The van der Waals surface area contributed by atoms with Crippen LogP contribution in [0.3, 0.4) is 0 Å². The van der Waals surface area contributed by atoms with Crippen LogP contribution in [0.4, 0.5) is 0 Å². The molecule has 1 amide bonds. The summed E-state index contributed by atoms with van der Waals surface area (Å²) in [6.07, 6.45) is 2.04. The van der Waals surface area contributed by atoms with Gasteiger partial charge in [-0.2, -0.15) is 5.10 Å². The van der Waals surface area contributed by atoms with Crippen LogP contribution in [0.5, 0.6) is 0 Å². The highest BCUT2D eigenvalue weighted by molar-refractivity contribution is 7.99. The minimum Gasteiger partial charge on any atom is -0.353 e. The predicted molar refractivity (Wildman–Crippen MR) is 122 cm³/mol. The molecule has 1 N–H and O–H groups in total. The molecule has 4 rings (SSSR count). The molecule has 1 fully saturated rings. The summed E-state index contributed by atoms with van der Waals surface area (Å²) in [6.45, 7) is 9.45. The highest BCUT2D eigenvalue weighted by Gasteiger charge is 2.21. The number of hydrogen-bond donors (Lipinski definition) is 1. The Bertz CT molecular complexity index is 1020. The summed E-state index contributed by atoms with van der Waals surface area (Å²) in [5.74, 6) is 0.410. The molecule has 1 aromatic carbocycles. The minimum atomic E-state index is 0.0670. The van der Waals surface area contributed by atoms with E-state index >= 15 is 0 Å². The van der Waals surface area contributed by atoms with Gasteiger partial charge in [0.2, 0.25) is 5.91 Å². The lowest BCUT2D eigenvalue weighted by Gasteiger charge is -2.31. The maximum Gasteiger partial charge on any atom is 0.230 e. The number of amides is 1. The van der Waals surface area contributed by atoms with Crippen LogP contribution in [0.15, 0.2) is 41.6 Å². The molecule has 2 aromatic heterocycles. The third-order valence-corrected chi connectivity index (χ3v) is 6.59. The Morgan fingerprint density at radius 2 is 1.93 bits per heavy atom. The molecule has 0 radical (unpaired) electrons. The first-order chi connectivity index (χ1) is 14.5. The fourth-order valence-electron chi connectivity index (χ4n) is 4.09. The van der Waals surface area contributed by atoms with Gasteiger partial charge in [-0.15, -0.1) is 0 Å². The molecule has 0 bridgehead atoms. The Labute approximate surface area is 182 Å². The first-order valence-electron chi connectivity index (χ1n) is 10.6. The molecule has 0 spiro atoms. The number of hydrogen-bond acceptors (Lipinski definition) is 5. The number of benzene rings is 1. The summed E-state index contributed by atoms with van der Waals surface area (Å²) in [6, 6.07) is 12.5. The first-order valence-corrected chi connectivity index (χ1v) is 11.6. The number of imidazole rings is 1. The van der Waals surface area contributed by atoms with E-state index in [0.717, 1.165) is 65.7 Å². The van der Waals surface area contributed by atoms with E-state index < -0.39 is 0 Å². The second-order valence-electron chi connectivity index (χ2n) is 7.90. The summed E-state index contributed by atoms with van der Waals surface area (Å²) in [4.78, 5) is 19.9. The van der Waals surface area contributed by atoms with Crippen LogP contribution >= 0.6 is 11.8 Å². The van der Waals surface area contributed by atoms with Crippen LogP contribution in [-0.4, -0.2) is 56.8 Å². The number of thioether (sulfide) groups is 1. The molecular weight excluding hydrogens is 394 g/mol. The van der Waals surface area contributed by atoms with Gasteiger partial charge in [-0.05, 0) is 44.9 Å². The molecule has 0 unspecified atom stereocenters. The van der Waals surface area contributed by atoms with E-state index in [0.29, 0.717) is 5.75 Å². The van der Waals surface area contributed by atoms with Crippen LogP contribution in [0, 0.1) is 13.8 Å². The molecule has 3 aromatic rings. The van der Waals surface area contributed by atoms with Gasteiger partial charge in [0.25, 0.3) is 0 Å². The molecule has 30 heavy (non-hydrogen) atoms. The zero-order chi connectivity index (χ0) is 21.1. The molecule has 0 atom stereocenters. The zero-order valence-corrected chi connectivity index (χ0v) is 18.7. The number of carbonyl (C=O) groups excluding carboxylic acids is 1. The lowest BCUT2D eigenvalue weighted by atomic mass is 10.1. The van der Waals surface area contributed by atoms with E-state index in [1.165, 1.54) is 11.8 Å². The van der Waals surface area contributed by atoms with Gasteiger partial charge < -0.3 is 10.2 Å². The van der Waals surface area contributed by atoms with Crippen molar-refractivity contribution in [3.8, 4) is 11.3 Å². The molecule has 1 aliphatic heterocycles. The Morgan fingerprint density at radius 3 is 2.63 bits per heavy atom. The van der Waals surface area contributed by atoms with E-state index in [1.54, 1.807) is 0 Å². The van der Waals surface area contributed by atoms with Crippen molar-refractivity contribution in [3.05, 3.63) is 47.7 Å². The van der Waals surface area contributed by atoms with Crippen LogP contribution in [0.25, 0.3) is 16.8 Å². The molecule has 1 saturated heterocycles. The fraction of sp³-hybridized carbons (Fsp3) is 0.435. The van der Waals surface area contributed by atoms with Crippen LogP contribution in [-0.2, 0) is 4.79 Å². The molecule has 1 aliphatic rings. The summed E-state index contributed by atoms with van der Waals surface area (Å²) in [5, 5.41) is 8.65. The van der Waals surface area contributed by atoms with Crippen molar-refractivity contribution in [2.45, 2.75) is 44.8 Å². The standard InChI is InChI=1S/C23H29N5OS/c1-4-27-12-10-19(11-13-27)24-20(29)15-30-23-25-21(18-8-6-5-7-9-18)22-16(2)14-17(3)26-28(22)23/h5-9,14,19H,4,10-13,15H2,1-3H3,(H,24,29). The lowest BCUT2D eigenvalue weighted by Crippen LogP contribution is -2.45. The second kappa shape index (κ2) is 9.18. The molecule has 3 heterocycles. The van der Waals surface area contributed by atoms with Crippen molar-refractivity contribution in [3.63, 3.8) is 0 Å². The third-order valence-electron chi connectivity index (χ3n) is 5.66. The Morgan fingerprint density at radius 1 is 1.20 bits per heavy atom. The monoisotopic (exact) mass is 423 g/mol. The van der Waals surface area contributed by atoms with Gasteiger partial charge >= 0.3 is 0 Å². The molecule has 158 valence electrons.